The molecule has 1 aromatic carbocycles. The van der Waals surface area contributed by atoms with Crippen LogP contribution in [-0.4, -0.2) is 16.2 Å². The fraction of sp³-hybridized carbons (Fsp3) is 0.417. The number of aliphatic carboxylic acids is 1. The second kappa shape index (κ2) is 4.61. The van der Waals surface area contributed by atoms with Gasteiger partial charge in [-0.05, 0) is 31.0 Å². The van der Waals surface area contributed by atoms with Crippen LogP contribution in [0.15, 0.2) is 24.3 Å². The van der Waals surface area contributed by atoms with Crippen LogP contribution < -0.4 is 0 Å². The molecule has 4 heteroatoms. The average Bonchev–Trinajstić information content (AvgIpc) is 2.17. The molecule has 0 fully saturated rings. The predicted molar refractivity (Wildman–Crippen MR) is 57.4 cm³/mol. The Morgan fingerprint density at radius 1 is 1.56 bits per heavy atom. The molecule has 0 saturated heterocycles. The predicted octanol–water partition coefficient (Wildman–Crippen LogP) is 2.14. The van der Waals surface area contributed by atoms with E-state index in [2.05, 4.69) is 0 Å². The first-order valence-electron chi connectivity index (χ1n) is 5.10. The Balaban J connectivity index is 3.13. The van der Waals surface area contributed by atoms with Gasteiger partial charge in [-0.25, -0.2) is 4.39 Å². The lowest BCUT2D eigenvalue weighted by Crippen LogP contribution is -2.36. The van der Waals surface area contributed by atoms with Crippen molar-refractivity contribution in [1.82, 2.24) is 0 Å². The second-order valence-corrected chi connectivity index (χ2v) is 3.96. The first kappa shape index (κ1) is 12.6. The lowest BCUT2D eigenvalue weighted by atomic mass is 9.81. The van der Waals surface area contributed by atoms with Crippen molar-refractivity contribution in [1.29, 1.82) is 0 Å². The molecule has 0 spiro atoms. The number of carboxylic acid groups (broad SMARTS) is 1. The summed E-state index contributed by atoms with van der Waals surface area (Å²) >= 11 is 0. The maximum Gasteiger partial charge on any atom is 0.309 e. The fourth-order valence-electron chi connectivity index (χ4n) is 1.82. The van der Waals surface area contributed by atoms with Gasteiger partial charge in [-0.1, -0.05) is 19.1 Å². The monoisotopic (exact) mass is 226 g/mol. The highest BCUT2D eigenvalue weighted by Gasteiger charge is 2.37. The molecular formula is C12H15FO3. The summed E-state index contributed by atoms with van der Waals surface area (Å²) in [4.78, 5) is 11.0. The highest BCUT2D eigenvalue weighted by Crippen LogP contribution is 2.31. The van der Waals surface area contributed by atoms with E-state index in [0.717, 1.165) is 6.07 Å². The number of hydrogen-bond acceptors (Lipinski definition) is 2. The van der Waals surface area contributed by atoms with Crippen LogP contribution in [0.4, 0.5) is 4.39 Å². The van der Waals surface area contributed by atoms with Gasteiger partial charge in [0.05, 0.1) is 5.92 Å². The van der Waals surface area contributed by atoms with Crippen LogP contribution in [-0.2, 0) is 10.4 Å². The van der Waals surface area contributed by atoms with Gasteiger partial charge in [-0.2, -0.15) is 0 Å². The van der Waals surface area contributed by atoms with Gasteiger partial charge >= 0.3 is 5.97 Å². The molecule has 0 aromatic heterocycles. The highest BCUT2D eigenvalue weighted by atomic mass is 19.1. The van der Waals surface area contributed by atoms with Crippen molar-refractivity contribution in [2.75, 3.05) is 0 Å². The number of benzene rings is 1. The molecule has 16 heavy (non-hydrogen) atoms. The van der Waals surface area contributed by atoms with Crippen LogP contribution in [0.1, 0.15) is 25.8 Å². The topological polar surface area (TPSA) is 57.5 Å². The van der Waals surface area contributed by atoms with Gasteiger partial charge in [0.25, 0.3) is 0 Å². The van der Waals surface area contributed by atoms with Crippen LogP contribution in [0.3, 0.4) is 0 Å². The maximum atomic E-state index is 13.0. The number of carbonyl (C=O) groups is 1. The molecule has 88 valence electrons. The van der Waals surface area contributed by atoms with Gasteiger partial charge in [0.15, 0.2) is 0 Å². The highest BCUT2D eigenvalue weighted by molar-refractivity contribution is 5.71. The fourth-order valence-corrected chi connectivity index (χ4v) is 1.82. The lowest BCUT2D eigenvalue weighted by molar-refractivity contribution is -0.152. The summed E-state index contributed by atoms with van der Waals surface area (Å²) in [5.41, 5.74) is -1.29. The van der Waals surface area contributed by atoms with Crippen molar-refractivity contribution in [3.63, 3.8) is 0 Å². The Kier molecular flexibility index (Phi) is 3.65. The molecule has 0 aliphatic heterocycles. The summed E-state index contributed by atoms with van der Waals surface area (Å²) in [5, 5.41) is 19.2. The van der Waals surface area contributed by atoms with Crippen LogP contribution in [0, 0.1) is 11.7 Å². The van der Waals surface area contributed by atoms with Crippen LogP contribution >= 0.6 is 0 Å². The summed E-state index contributed by atoms with van der Waals surface area (Å²) < 4.78 is 13.0. The Morgan fingerprint density at radius 3 is 2.62 bits per heavy atom. The smallest absolute Gasteiger partial charge is 0.309 e. The molecule has 1 aromatic rings. The molecule has 0 bridgehead atoms. The molecule has 0 saturated carbocycles. The van der Waals surface area contributed by atoms with E-state index in [9.17, 15) is 14.3 Å². The van der Waals surface area contributed by atoms with Gasteiger partial charge in [-0.3, -0.25) is 4.79 Å². The van der Waals surface area contributed by atoms with Crippen LogP contribution in [0.25, 0.3) is 0 Å². The minimum atomic E-state index is -1.57. The number of carboxylic acids is 1. The molecule has 3 nitrogen and oxygen atoms in total. The van der Waals surface area contributed by atoms with Crippen molar-refractivity contribution < 1.29 is 19.4 Å². The Morgan fingerprint density at radius 2 is 2.19 bits per heavy atom. The van der Waals surface area contributed by atoms with Crippen molar-refractivity contribution in [3.8, 4) is 0 Å². The van der Waals surface area contributed by atoms with Crippen LogP contribution in [0.2, 0.25) is 0 Å². The average molecular weight is 226 g/mol. The number of aliphatic hydroxyl groups is 1. The minimum Gasteiger partial charge on any atom is -0.481 e. The zero-order valence-electron chi connectivity index (χ0n) is 9.27. The summed E-state index contributed by atoms with van der Waals surface area (Å²) in [7, 11) is 0. The molecule has 1 rings (SSSR count). The van der Waals surface area contributed by atoms with E-state index in [1.54, 1.807) is 6.92 Å². The first-order valence-corrected chi connectivity index (χ1v) is 5.10. The normalized spacial score (nSPS) is 16.5. The van der Waals surface area contributed by atoms with Gasteiger partial charge in [0.2, 0.25) is 0 Å². The van der Waals surface area contributed by atoms with Crippen molar-refractivity contribution in [3.05, 3.63) is 35.6 Å². The van der Waals surface area contributed by atoms with Gasteiger partial charge in [0, 0.05) is 0 Å². The number of halogens is 1. The quantitative estimate of drug-likeness (QED) is 0.827. The van der Waals surface area contributed by atoms with E-state index in [4.69, 9.17) is 5.11 Å². The third kappa shape index (κ3) is 2.39. The molecule has 0 amide bonds. The molecule has 2 N–H and O–H groups in total. The Bertz CT molecular complexity index is 388. The van der Waals surface area contributed by atoms with E-state index < -0.39 is 23.3 Å². The van der Waals surface area contributed by atoms with E-state index in [-0.39, 0.29) is 12.0 Å². The van der Waals surface area contributed by atoms with Crippen molar-refractivity contribution in [2.24, 2.45) is 5.92 Å². The van der Waals surface area contributed by atoms with Crippen molar-refractivity contribution in [2.45, 2.75) is 25.9 Å². The standard InChI is InChI=1S/C12H15FO3/c1-3-10(11(14)15)12(2,16)8-5-4-6-9(13)7-8/h4-7,10,16H,3H2,1-2H3,(H,14,15). The van der Waals surface area contributed by atoms with E-state index >= 15 is 0 Å². The van der Waals surface area contributed by atoms with Crippen molar-refractivity contribution >= 4 is 5.97 Å². The largest absolute Gasteiger partial charge is 0.481 e. The summed E-state index contributed by atoms with van der Waals surface area (Å²) in [6.45, 7) is 3.07. The second-order valence-electron chi connectivity index (χ2n) is 3.96. The Labute approximate surface area is 93.5 Å². The molecule has 0 aliphatic carbocycles. The van der Waals surface area contributed by atoms with Gasteiger partial charge < -0.3 is 10.2 Å². The zero-order valence-corrected chi connectivity index (χ0v) is 9.27. The Hall–Kier alpha value is -1.42. The lowest BCUT2D eigenvalue weighted by Gasteiger charge is -2.29. The number of hydrogen-bond donors (Lipinski definition) is 2. The summed E-state index contributed by atoms with van der Waals surface area (Å²) in [6.07, 6.45) is 0.277. The van der Waals surface area contributed by atoms with Crippen LogP contribution in [0.5, 0.6) is 0 Å². The van der Waals surface area contributed by atoms with E-state index in [1.807, 2.05) is 0 Å². The molecule has 0 aliphatic rings. The zero-order chi connectivity index (χ0) is 12.3. The van der Waals surface area contributed by atoms with Gasteiger partial charge in [0.1, 0.15) is 11.4 Å². The third-order valence-corrected chi connectivity index (χ3v) is 2.79. The SMILES string of the molecule is CCC(C(=O)O)C(C)(O)c1cccc(F)c1. The minimum absolute atomic E-state index is 0.277. The third-order valence-electron chi connectivity index (χ3n) is 2.79. The molecule has 2 unspecified atom stereocenters. The van der Waals surface area contributed by atoms with E-state index in [1.165, 1.54) is 25.1 Å². The summed E-state index contributed by atoms with van der Waals surface area (Å²) in [5.74, 6) is -2.52. The summed E-state index contributed by atoms with van der Waals surface area (Å²) in [6, 6.07) is 5.38. The molecule has 0 radical (unpaired) electrons. The molecule has 2 atom stereocenters. The first-order chi connectivity index (χ1) is 7.39. The van der Waals surface area contributed by atoms with E-state index in [0.29, 0.717) is 0 Å². The number of rotatable bonds is 4. The van der Waals surface area contributed by atoms with Gasteiger partial charge in [-0.15, -0.1) is 0 Å². The maximum absolute atomic E-state index is 13.0. The molecular weight excluding hydrogens is 211 g/mol. The molecule has 0 heterocycles.